The lowest BCUT2D eigenvalue weighted by atomic mass is 10.0. The minimum Gasteiger partial charge on any atom is -0.396 e. The standard InChI is InChI=1S/C17H16N2OS/c20-11-12-21-17-15(13-7-3-1-4-8-13)16(18-19-17)14-9-5-2-6-10-14/h1-10,20H,11-12H2,(H,18,19). The van der Waals surface area contributed by atoms with E-state index in [1.807, 2.05) is 36.4 Å². The van der Waals surface area contributed by atoms with Crippen molar-refractivity contribution < 1.29 is 5.11 Å². The summed E-state index contributed by atoms with van der Waals surface area (Å²) in [5.41, 5.74) is 4.35. The van der Waals surface area contributed by atoms with Gasteiger partial charge < -0.3 is 5.11 Å². The highest BCUT2D eigenvalue weighted by Gasteiger charge is 2.16. The van der Waals surface area contributed by atoms with E-state index in [9.17, 15) is 0 Å². The molecule has 1 heterocycles. The number of aliphatic hydroxyl groups is 1. The number of aromatic amines is 1. The highest BCUT2D eigenvalue weighted by Crippen LogP contribution is 2.37. The lowest BCUT2D eigenvalue weighted by Crippen LogP contribution is -1.88. The zero-order valence-corrected chi connectivity index (χ0v) is 12.3. The van der Waals surface area contributed by atoms with Crippen LogP contribution < -0.4 is 0 Å². The van der Waals surface area contributed by atoms with Gasteiger partial charge in [0.1, 0.15) is 5.03 Å². The second kappa shape index (κ2) is 6.61. The monoisotopic (exact) mass is 296 g/mol. The number of H-pyrrole nitrogens is 1. The number of aliphatic hydroxyl groups excluding tert-OH is 1. The van der Waals surface area contributed by atoms with Crippen LogP contribution in [0.4, 0.5) is 0 Å². The molecule has 3 aromatic rings. The smallest absolute Gasteiger partial charge is 0.126 e. The van der Waals surface area contributed by atoms with Gasteiger partial charge in [0, 0.05) is 16.9 Å². The summed E-state index contributed by atoms with van der Waals surface area (Å²) in [6, 6.07) is 20.4. The average Bonchev–Trinajstić information content (AvgIpc) is 2.98. The van der Waals surface area contributed by atoms with E-state index in [-0.39, 0.29) is 6.61 Å². The molecule has 0 atom stereocenters. The van der Waals surface area contributed by atoms with Crippen LogP contribution in [0.25, 0.3) is 22.4 Å². The maximum absolute atomic E-state index is 9.05. The number of rotatable bonds is 5. The van der Waals surface area contributed by atoms with Crippen LogP contribution in [0.5, 0.6) is 0 Å². The predicted octanol–water partition coefficient (Wildman–Crippen LogP) is 3.83. The summed E-state index contributed by atoms with van der Waals surface area (Å²) in [5, 5.41) is 17.6. The molecule has 0 unspecified atom stereocenters. The number of hydrogen-bond acceptors (Lipinski definition) is 3. The van der Waals surface area contributed by atoms with Crippen molar-refractivity contribution in [2.24, 2.45) is 0 Å². The Morgan fingerprint density at radius 2 is 1.52 bits per heavy atom. The summed E-state index contributed by atoms with van der Waals surface area (Å²) in [4.78, 5) is 0. The second-order valence-corrected chi connectivity index (χ2v) is 5.67. The molecule has 0 aliphatic rings. The Labute approximate surface area is 128 Å². The van der Waals surface area contributed by atoms with Gasteiger partial charge in [0.15, 0.2) is 0 Å². The van der Waals surface area contributed by atoms with Gasteiger partial charge in [0.2, 0.25) is 0 Å². The van der Waals surface area contributed by atoms with E-state index in [0.29, 0.717) is 5.75 Å². The molecule has 0 aliphatic carbocycles. The predicted molar refractivity (Wildman–Crippen MR) is 87.3 cm³/mol. The van der Waals surface area contributed by atoms with Crippen LogP contribution in [-0.2, 0) is 0 Å². The SMILES string of the molecule is OCCSc1n[nH]c(-c2ccccc2)c1-c1ccccc1. The molecule has 0 fully saturated rings. The largest absolute Gasteiger partial charge is 0.396 e. The highest BCUT2D eigenvalue weighted by molar-refractivity contribution is 7.99. The van der Waals surface area contributed by atoms with Crippen molar-refractivity contribution >= 4 is 11.8 Å². The van der Waals surface area contributed by atoms with Crippen LogP contribution in [0.1, 0.15) is 0 Å². The minimum absolute atomic E-state index is 0.145. The highest BCUT2D eigenvalue weighted by atomic mass is 32.2. The van der Waals surface area contributed by atoms with E-state index in [0.717, 1.165) is 27.4 Å². The molecule has 21 heavy (non-hydrogen) atoms. The first-order chi connectivity index (χ1) is 10.4. The number of nitrogens with one attached hydrogen (secondary N) is 1. The van der Waals surface area contributed by atoms with Gasteiger partial charge in [-0.05, 0) is 5.56 Å². The topological polar surface area (TPSA) is 48.9 Å². The van der Waals surface area contributed by atoms with Gasteiger partial charge in [-0.15, -0.1) is 11.8 Å². The first-order valence-electron chi connectivity index (χ1n) is 6.83. The number of hydrogen-bond donors (Lipinski definition) is 2. The van der Waals surface area contributed by atoms with Gasteiger partial charge in [-0.2, -0.15) is 5.10 Å². The lowest BCUT2D eigenvalue weighted by Gasteiger charge is -2.06. The molecular formula is C17H16N2OS. The van der Waals surface area contributed by atoms with E-state index >= 15 is 0 Å². The molecule has 0 radical (unpaired) electrons. The summed E-state index contributed by atoms with van der Waals surface area (Å²) < 4.78 is 0. The van der Waals surface area contributed by atoms with Crippen LogP contribution in [0.3, 0.4) is 0 Å². The van der Waals surface area contributed by atoms with Crippen molar-refractivity contribution in [2.75, 3.05) is 12.4 Å². The molecule has 0 saturated heterocycles. The van der Waals surface area contributed by atoms with Crippen molar-refractivity contribution in [1.29, 1.82) is 0 Å². The van der Waals surface area contributed by atoms with Crippen molar-refractivity contribution in [2.45, 2.75) is 5.03 Å². The maximum Gasteiger partial charge on any atom is 0.126 e. The van der Waals surface area contributed by atoms with E-state index in [2.05, 4.69) is 34.5 Å². The van der Waals surface area contributed by atoms with Gasteiger partial charge >= 0.3 is 0 Å². The van der Waals surface area contributed by atoms with Crippen LogP contribution in [0.15, 0.2) is 65.7 Å². The minimum atomic E-state index is 0.145. The molecule has 2 N–H and O–H groups in total. The Balaban J connectivity index is 2.11. The van der Waals surface area contributed by atoms with Gasteiger partial charge in [-0.1, -0.05) is 60.7 Å². The molecule has 106 valence electrons. The average molecular weight is 296 g/mol. The van der Waals surface area contributed by atoms with E-state index < -0.39 is 0 Å². The van der Waals surface area contributed by atoms with Crippen molar-refractivity contribution in [1.82, 2.24) is 10.2 Å². The number of thioether (sulfide) groups is 1. The third-order valence-corrected chi connectivity index (χ3v) is 4.14. The molecule has 0 bridgehead atoms. The van der Waals surface area contributed by atoms with Crippen LogP contribution in [-0.4, -0.2) is 27.7 Å². The lowest BCUT2D eigenvalue weighted by molar-refractivity contribution is 0.322. The Kier molecular flexibility index (Phi) is 4.38. The van der Waals surface area contributed by atoms with E-state index in [1.54, 1.807) is 11.8 Å². The second-order valence-electron chi connectivity index (χ2n) is 4.58. The normalized spacial score (nSPS) is 10.7. The van der Waals surface area contributed by atoms with Crippen LogP contribution >= 0.6 is 11.8 Å². The van der Waals surface area contributed by atoms with Gasteiger partial charge in [-0.25, -0.2) is 0 Å². The van der Waals surface area contributed by atoms with Gasteiger partial charge in [0.25, 0.3) is 0 Å². The quantitative estimate of drug-likeness (QED) is 0.704. The van der Waals surface area contributed by atoms with Crippen molar-refractivity contribution in [3.8, 4) is 22.4 Å². The number of aromatic nitrogens is 2. The molecule has 2 aromatic carbocycles. The summed E-state index contributed by atoms with van der Waals surface area (Å²) in [6.07, 6.45) is 0. The molecule has 4 heteroatoms. The molecule has 0 saturated carbocycles. The molecule has 0 amide bonds. The Morgan fingerprint density at radius 3 is 2.14 bits per heavy atom. The fraction of sp³-hybridized carbons (Fsp3) is 0.118. The first kappa shape index (κ1) is 13.9. The maximum atomic E-state index is 9.05. The van der Waals surface area contributed by atoms with Gasteiger partial charge in [0.05, 0.1) is 12.3 Å². The molecule has 0 aliphatic heterocycles. The van der Waals surface area contributed by atoms with Crippen LogP contribution in [0, 0.1) is 0 Å². The molecule has 0 spiro atoms. The summed E-state index contributed by atoms with van der Waals surface area (Å²) in [6.45, 7) is 0.145. The van der Waals surface area contributed by atoms with E-state index in [4.69, 9.17) is 5.11 Å². The summed E-state index contributed by atoms with van der Waals surface area (Å²) in [7, 11) is 0. The Bertz CT molecular complexity index is 695. The molecule has 3 nitrogen and oxygen atoms in total. The van der Waals surface area contributed by atoms with Gasteiger partial charge in [-0.3, -0.25) is 5.10 Å². The molecular weight excluding hydrogens is 280 g/mol. The van der Waals surface area contributed by atoms with Crippen LogP contribution in [0.2, 0.25) is 0 Å². The summed E-state index contributed by atoms with van der Waals surface area (Å²) in [5.74, 6) is 0.638. The Hall–Kier alpha value is -2.04. The first-order valence-corrected chi connectivity index (χ1v) is 7.81. The zero-order valence-electron chi connectivity index (χ0n) is 11.5. The van der Waals surface area contributed by atoms with Crippen molar-refractivity contribution in [3.05, 3.63) is 60.7 Å². The zero-order chi connectivity index (χ0) is 14.5. The molecule has 3 rings (SSSR count). The fourth-order valence-electron chi connectivity index (χ4n) is 2.26. The Morgan fingerprint density at radius 1 is 0.905 bits per heavy atom. The number of benzene rings is 2. The molecule has 1 aromatic heterocycles. The fourth-order valence-corrected chi connectivity index (χ4v) is 3.02. The third kappa shape index (κ3) is 3.01. The van der Waals surface area contributed by atoms with E-state index in [1.165, 1.54) is 0 Å². The number of nitrogens with zero attached hydrogens (tertiary/aromatic N) is 1. The van der Waals surface area contributed by atoms with Crippen molar-refractivity contribution in [3.63, 3.8) is 0 Å². The third-order valence-electron chi connectivity index (χ3n) is 3.19. The summed E-state index contributed by atoms with van der Waals surface area (Å²) >= 11 is 1.57.